The van der Waals surface area contributed by atoms with Crippen molar-refractivity contribution in [1.29, 1.82) is 0 Å². The van der Waals surface area contributed by atoms with E-state index in [4.69, 9.17) is 4.74 Å². The number of ether oxygens (including phenoxy) is 1. The third-order valence-electron chi connectivity index (χ3n) is 4.72. The second kappa shape index (κ2) is 5.90. The fourth-order valence-electron chi connectivity index (χ4n) is 3.17. The minimum absolute atomic E-state index is 0.0119. The highest BCUT2D eigenvalue weighted by atomic mass is 16.5. The predicted octanol–water partition coefficient (Wildman–Crippen LogP) is 4.10. The molecule has 0 amide bonds. The highest BCUT2D eigenvalue weighted by molar-refractivity contribution is 5.72. The van der Waals surface area contributed by atoms with E-state index in [0.717, 1.165) is 25.2 Å². The summed E-state index contributed by atoms with van der Waals surface area (Å²) in [5.74, 6) is 1.57. The molecule has 0 radical (unpaired) electrons. The van der Waals surface area contributed by atoms with E-state index in [-0.39, 0.29) is 18.0 Å². The molecule has 2 aliphatic rings. The van der Waals surface area contributed by atoms with Crippen LogP contribution in [0.1, 0.15) is 59.3 Å². The molecule has 0 aromatic carbocycles. The first-order valence-electron chi connectivity index (χ1n) is 7.42. The molecule has 4 unspecified atom stereocenters. The lowest BCUT2D eigenvalue weighted by atomic mass is 9.78. The zero-order valence-corrected chi connectivity index (χ0v) is 11.9. The number of allylic oxidation sites excluding steroid dienone is 2. The Morgan fingerprint density at radius 2 is 2.17 bits per heavy atom. The Hall–Kier alpha value is -0.790. The summed E-state index contributed by atoms with van der Waals surface area (Å²) >= 11 is 0. The van der Waals surface area contributed by atoms with Crippen LogP contribution in [0.25, 0.3) is 0 Å². The molecule has 102 valence electrons. The van der Waals surface area contributed by atoms with Crippen LogP contribution in [0.4, 0.5) is 0 Å². The van der Waals surface area contributed by atoms with Crippen molar-refractivity contribution < 1.29 is 9.53 Å². The topological polar surface area (TPSA) is 26.3 Å². The smallest absolute Gasteiger partial charge is 0.308 e. The average Bonchev–Trinajstić information content (AvgIpc) is 2.34. The molecule has 1 saturated heterocycles. The Kier molecular flexibility index (Phi) is 4.47. The zero-order chi connectivity index (χ0) is 13.1. The number of cyclic esters (lactones) is 1. The van der Waals surface area contributed by atoms with Crippen molar-refractivity contribution >= 4 is 5.97 Å². The van der Waals surface area contributed by atoms with Gasteiger partial charge in [-0.1, -0.05) is 25.5 Å². The summed E-state index contributed by atoms with van der Waals surface area (Å²) in [6, 6.07) is 0. The molecule has 0 aromatic heterocycles. The van der Waals surface area contributed by atoms with Crippen molar-refractivity contribution in [3.05, 3.63) is 11.6 Å². The Balaban J connectivity index is 1.81. The largest absolute Gasteiger partial charge is 0.462 e. The van der Waals surface area contributed by atoms with Gasteiger partial charge in [-0.05, 0) is 57.3 Å². The maximum atomic E-state index is 11.6. The minimum atomic E-state index is 0.0119. The van der Waals surface area contributed by atoms with Crippen LogP contribution in [0.2, 0.25) is 0 Å². The number of rotatable bonds is 3. The Bertz CT molecular complexity index is 332. The van der Waals surface area contributed by atoms with Gasteiger partial charge in [-0.2, -0.15) is 0 Å². The van der Waals surface area contributed by atoms with E-state index in [9.17, 15) is 4.79 Å². The molecule has 0 spiro atoms. The highest BCUT2D eigenvalue weighted by Gasteiger charge is 2.29. The first-order chi connectivity index (χ1) is 8.56. The molecular weight excluding hydrogens is 224 g/mol. The predicted molar refractivity (Wildman–Crippen MR) is 73.2 cm³/mol. The number of carbonyl (C=O) groups excluding carboxylic acids is 1. The standard InChI is InChI=1S/C16H26O2/c1-11-4-7-14(8-5-11)13(3)10-15-9-6-12(2)16(17)18-15/h4,12-15H,5-10H2,1-3H3. The van der Waals surface area contributed by atoms with E-state index >= 15 is 0 Å². The van der Waals surface area contributed by atoms with E-state index < -0.39 is 0 Å². The lowest BCUT2D eigenvalue weighted by molar-refractivity contribution is -0.160. The Morgan fingerprint density at radius 1 is 1.39 bits per heavy atom. The van der Waals surface area contributed by atoms with Crippen molar-refractivity contribution in [2.45, 2.75) is 65.4 Å². The van der Waals surface area contributed by atoms with E-state index in [2.05, 4.69) is 19.9 Å². The summed E-state index contributed by atoms with van der Waals surface area (Å²) < 4.78 is 5.53. The van der Waals surface area contributed by atoms with Crippen molar-refractivity contribution in [3.63, 3.8) is 0 Å². The molecule has 0 saturated carbocycles. The van der Waals surface area contributed by atoms with Gasteiger partial charge in [0.25, 0.3) is 0 Å². The van der Waals surface area contributed by atoms with Crippen LogP contribution in [0.3, 0.4) is 0 Å². The lowest BCUT2D eigenvalue weighted by Gasteiger charge is -2.32. The molecule has 0 N–H and O–H groups in total. The second-order valence-electron chi connectivity index (χ2n) is 6.34. The Labute approximate surface area is 111 Å². The van der Waals surface area contributed by atoms with E-state index in [1.807, 2.05) is 6.92 Å². The molecule has 2 nitrogen and oxygen atoms in total. The fraction of sp³-hybridized carbons (Fsp3) is 0.812. The van der Waals surface area contributed by atoms with Gasteiger partial charge in [0.05, 0.1) is 5.92 Å². The fourth-order valence-corrected chi connectivity index (χ4v) is 3.17. The maximum absolute atomic E-state index is 11.6. The normalized spacial score (nSPS) is 34.7. The van der Waals surface area contributed by atoms with Crippen molar-refractivity contribution in [2.75, 3.05) is 0 Å². The highest BCUT2D eigenvalue weighted by Crippen LogP contribution is 2.33. The molecule has 1 aliphatic heterocycles. The molecule has 4 atom stereocenters. The third-order valence-corrected chi connectivity index (χ3v) is 4.72. The molecule has 2 rings (SSSR count). The second-order valence-corrected chi connectivity index (χ2v) is 6.34. The van der Waals surface area contributed by atoms with Gasteiger partial charge in [0.2, 0.25) is 0 Å². The Morgan fingerprint density at radius 3 is 2.78 bits per heavy atom. The molecular formula is C16H26O2. The van der Waals surface area contributed by atoms with Gasteiger partial charge in [-0.3, -0.25) is 4.79 Å². The van der Waals surface area contributed by atoms with Crippen molar-refractivity contribution in [1.82, 2.24) is 0 Å². The molecule has 1 fully saturated rings. The average molecular weight is 250 g/mol. The SMILES string of the molecule is CC1=CCC(C(C)CC2CCC(C)C(=O)O2)CC1. The monoisotopic (exact) mass is 250 g/mol. The summed E-state index contributed by atoms with van der Waals surface area (Å²) in [6.07, 6.45) is 9.44. The zero-order valence-electron chi connectivity index (χ0n) is 11.9. The molecule has 18 heavy (non-hydrogen) atoms. The molecule has 0 aromatic rings. The minimum Gasteiger partial charge on any atom is -0.462 e. The van der Waals surface area contributed by atoms with Gasteiger partial charge in [0, 0.05) is 0 Å². The summed E-state index contributed by atoms with van der Waals surface area (Å²) in [5, 5.41) is 0. The van der Waals surface area contributed by atoms with Crippen molar-refractivity contribution in [3.8, 4) is 0 Å². The van der Waals surface area contributed by atoms with Gasteiger partial charge >= 0.3 is 5.97 Å². The number of esters is 1. The van der Waals surface area contributed by atoms with E-state index in [1.54, 1.807) is 0 Å². The summed E-state index contributed by atoms with van der Waals surface area (Å²) in [7, 11) is 0. The van der Waals surface area contributed by atoms with Crippen LogP contribution in [-0.2, 0) is 9.53 Å². The van der Waals surface area contributed by atoms with Gasteiger partial charge in [-0.15, -0.1) is 0 Å². The number of hydrogen-bond donors (Lipinski definition) is 0. The third kappa shape index (κ3) is 3.37. The lowest BCUT2D eigenvalue weighted by Crippen LogP contribution is -2.32. The van der Waals surface area contributed by atoms with E-state index in [1.165, 1.54) is 24.8 Å². The van der Waals surface area contributed by atoms with Gasteiger partial charge < -0.3 is 4.74 Å². The molecule has 1 heterocycles. The molecule has 1 aliphatic carbocycles. The van der Waals surface area contributed by atoms with Gasteiger partial charge in [-0.25, -0.2) is 0 Å². The first-order valence-corrected chi connectivity index (χ1v) is 7.42. The molecule has 0 bridgehead atoms. The van der Waals surface area contributed by atoms with Crippen LogP contribution in [0, 0.1) is 17.8 Å². The summed E-state index contributed by atoms with van der Waals surface area (Å²) in [4.78, 5) is 11.6. The first kappa shape index (κ1) is 13.6. The quantitative estimate of drug-likeness (QED) is 0.557. The van der Waals surface area contributed by atoms with E-state index in [0.29, 0.717) is 5.92 Å². The summed E-state index contributed by atoms with van der Waals surface area (Å²) in [5.41, 5.74) is 1.54. The van der Waals surface area contributed by atoms with Crippen LogP contribution in [-0.4, -0.2) is 12.1 Å². The summed E-state index contributed by atoms with van der Waals surface area (Å²) in [6.45, 7) is 6.52. The number of hydrogen-bond acceptors (Lipinski definition) is 2. The maximum Gasteiger partial charge on any atom is 0.308 e. The van der Waals surface area contributed by atoms with Gasteiger partial charge in [0.15, 0.2) is 0 Å². The molecule has 2 heteroatoms. The van der Waals surface area contributed by atoms with Crippen LogP contribution in [0.15, 0.2) is 11.6 Å². The number of carbonyl (C=O) groups is 1. The van der Waals surface area contributed by atoms with Crippen LogP contribution < -0.4 is 0 Å². The van der Waals surface area contributed by atoms with Crippen LogP contribution in [0.5, 0.6) is 0 Å². The van der Waals surface area contributed by atoms with Crippen LogP contribution >= 0.6 is 0 Å². The van der Waals surface area contributed by atoms with Crippen molar-refractivity contribution in [2.24, 2.45) is 17.8 Å². The van der Waals surface area contributed by atoms with Gasteiger partial charge in [0.1, 0.15) is 6.10 Å².